The molecule has 1 aliphatic heterocycles. The van der Waals surface area contributed by atoms with Crippen molar-refractivity contribution in [3.63, 3.8) is 0 Å². The summed E-state index contributed by atoms with van der Waals surface area (Å²) >= 11 is 0. The maximum atomic E-state index is 12.4. The maximum Gasteiger partial charge on any atom is 0.410 e. The molecule has 1 saturated heterocycles. The minimum absolute atomic E-state index is 0.0615. The largest absolute Gasteiger partial charge is 0.469 e. The minimum Gasteiger partial charge on any atom is -0.469 e. The molecule has 0 aliphatic carbocycles. The number of likely N-dealkylation sites (tertiary alicyclic amines) is 1. The van der Waals surface area contributed by atoms with Crippen LogP contribution in [0.2, 0.25) is 0 Å². The first-order valence-corrected chi connectivity index (χ1v) is 9.80. The van der Waals surface area contributed by atoms with Crippen LogP contribution in [0.3, 0.4) is 0 Å². The Morgan fingerprint density at radius 2 is 1.79 bits per heavy atom. The lowest BCUT2D eigenvalue weighted by Gasteiger charge is -2.24. The molecule has 0 bridgehead atoms. The SMILES string of the molecule is COC(=O)[C@H]1CN(C(=O)OC(C)(C)C)C[C@@H]1CCc1ccc2ccccc2c1. The molecular formula is C23H29NO4. The van der Waals surface area contributed by atoms with Crippen molar-refractivity contribution in [3.05, 3.63) is 48.0 Å². The van der Waals surface area contributed by atoms with Crippen LogP contribution >= 0.6 is 0 Å². The summed E-state index contributed by atoms with van der Waals surface area (Å²) < 4.78 is 10.5. The van der Waals surface area contributed by atoms with Gasteiger partial charge in [0.15, 0.2) is 0 Å². The molecule has 5 heteroatoms. The van der Waals surface area contributed by atoms with Crippen molar-refractivity contribution in [3.8, 4) is 0 Å². The maximum absolute atomic E-state index is 12.4. The Morgan fingerprint density at radius 1 is 1.07 bits per heavy atom. The molecule has 2 atom stereocenters. The summed E-state index contributed by atoms with van der Waals surface area (Å²) in [5, 5.41) is 2.43. The summed E-state index contributed by atoms with van der Waals surface area (Å²) in [6.07, 6.45) is 1.30. The highest BCUT2D eigenvalue weighted by Crippen LogP contribution is 2.30. The van der Waals surface area contributed by atoms with E-state index in [1.165, 1.54) is 23.4 Å². The highest BCUT2D eigenvalue weighted by Gasteiger charge is 2.41. The standard InChI is InChI=1S/C23H29NO4/c1-23(2,3)28-22(26)24-14-19(20(15-24)21(25)27-4)12-10-16-9-11-17-7-5-6-8-18(17)13-16/h5-9,11,13,19-20H,10,12,14-15H2,1-4H3/t19-,20-/m0/s1. The lowest BCUT2D eigenvalue weighted by Crippen LogP contribution is -2.36. The van der Waals surface area contributed by atoms with Crippen molar-refractivity contribution in [2.75, 3.05) is 20.2 Å². The van der Waals surface area contributed by atoms with Crippen LogP contribution in [0.4, 0.5) is 4.79 Å². The molecule has 0 spiro atoms. The summed E-state index contributed by atoms with van der Waals surface area (Å²) in [6, 6.07) is 14.7. The quantitative estimate of drug-likeness (QED) is 0.733. The molecule has 3 rings (SSSR count). The van der Waals surface area contributed by atoms with Crippen LogP contribution in [0.1, 0.15) is 32.8 Å². The van der Waals surface area contributed by atoms with Gasteiger partial charge in [-0.25, -0.2) is 4.79 Å². The number of nitrogens with zero attached hydrogens (tertiary/aromatic N) is 1. The van der Waals surface area contributed by atoms with Crippen LogP contribution in [0.15, 0.2) is 42.5 Å². The topological polar surface area (TPSA) is 55.8 Å². The molecule has 1 amide bonds. The van der Waals surface area contributed by atoms with E-state index in [0.717, 1.165) is 12.8 Å². The van der Waals surface area contributed by atoms with Crippen LogP contribution in [0, 0.1) is 11.8 Å². The zero-order chi connectivity index (χ0) is 20.3. The normalized spacial score (nSPS) is 19.6. The van der Waals surface area contributed by atoms with Crippen molar-refractivity contribution in [2.45, 2.75) is 39.2 Å². The minimum atomic E-state index is -0.555. The molecule has 0 aromatic heterocycles. The van der Waals surface area contributed by atoms with E-state index in [9.17, 15) is 9.59 Å². The number of ether oxygens (including phenoxy) is 2. The molecule has 28 heavy (non-hydrogen) atoms. The lowest BCUT2D eigenvalue weighted by atomic mass is 9.90. The second-order valence-corrected chi connectivity index (χ2v) is 8.50. The van der Waals surface area contributed by atoms with Gasteiger partial charge in [-0.05, 0) is 55.9 Å². The molecule has 1 fully saturated rings. The van der Waals surface area contributed by atoms with Crippen molar-refractivity contribution in [1.29, 1.82) is 0 Å². The van der Waals surface area contributed by atoms with Gasteiger partial charge in [-0.3, -0.25) is 4.79 Å². The van der Waals surface area contributed by atoms with E-state index < -0.39 is 5.60 Å². The Bertz CT molecular complexity index is 855. The fourth-order valence-corrected chi connectivity index (χ4v) is 3.80. The van der Waals surface area contributed by atoms with E-state index in [2.05, 4.69) is 30.3 Å². The molecule has 150 valence electrons. The Labute approximate surface area is 166 Å². The first-order chi connectivity index (χ1) is 13.3. The van der Waals surface area contributed by atoms with Gasteiger partial charge in [-0.1, -0.05) is 42.5 Å². The number of fused-ring (bicyclic) bond motifs is 1. The third-order valence-corrected chi connectivity index (χ3v) is 5.21. The van der Waals surface area contributed by atoms with Gasteiger partial charge in [0.2, 0.25) is 0 Å². The summed E-state index contributed by atoms with van der Waals surface area (Å²) in [7, 11) is 1.40. The molecule has 2 aromatic carbocycles. The van der Waals surface area contributed by atoms with Crippen molar-refractivity contribution < 1.29 is 19.1 Å². The number of methoxy groups -OCH3 is 1. The van der Waals surface area contributed by atoms with E-state index >= 15 is 0 Å². The third-order valence-electron chi connectivity index (χ3n) is 5.21. The molecule has 0 saturated carbocycles. The van der Waals surface area contributed by atoms with Crippen molar-refractivity contribution in [1.82, 2.24) is 4.90 Å². The third kappa shape index (κ3) is 4.83. The Kier molecular flexibility index (Phi) is 5.92. The van der Waals surface area contributed by atoms with Crippen LogP contribution in [-0.2, 0) is 20.7 Å². The van der Waals surface area contributed by atoms with E-state index in [4.69, 9.17) is 9.47 Å². The van der Waals surface area contributed by atoms with Gasteiger partial charge < -0.3 is 14.4 Å². The van der Waals surface area contributed by atoms with Crippen LogP contribution in [0.25, 0.3) is 10.8 Å². The molecule has 2 aromatic rings. The smallest absolute Gasteiger partial charge is 0.410 e. The molecule has 1 heterocycles. The van der Waals surface area contributed by atoms with Gasteiger partial charge >= 0.3 is 12.1 Å². The number of hydrogen-bond acceptors (Lipinski definition) is 4. The van der Waals surface area contributed by atoms with Gasteiger partial charge in [0.25, 0.3) is 0 Å². The number of carbonyl (C=O) groups excluding carboxylic acids is 2. The van der Waals surface area contributed by atoms with Crippen LogP contribution in [-0.4, -0.2) is 42.8 Å². The molecule has 0 radical (unpaired) electrons. The van der Waals surface area contributed by atoms with Crippen molar-refractivity contribution in [2.24, 2.45) is 11.8 Å². The van der Waals surface area contributed by atoms with Gasteiger partial charge in [-0.2, -0.15) is 0 Å². The van der Waals surface area contributed by atoms with Crippen LogP contribution < -0.4 is 0 Å². The highest BCUT2D eigenvalue weighted by molar-refractivity contribution is 5.83. The Hall–Kier alpha value is -2.56. The van der Waals surface area contributed by atoms with Crippen LogP contribution in [0.5, 0.6) is 0 Å². The zero-order valence-corrected chi connectivity index (χ0v) is 17.1. The van der Waals surface area contributed by atoms with Gasteiger partial charge in [0.05, 0.1) is 13.0 Å². The summed E-state index contributed by atoms with van der Waals surface area (Å²) in [4.78, 5) is 26.3. The predicted molar refractivity (Wildman–Crippen MR) is 109 cm³/mol. The van der Waals surface area contributed by atoms with Crippen molar-refractivity contribution >= 4 is 22.8 Å². The molecule has 5 nitrogen and oxygen atoms in total. The number of aryl methyl sites for hydroxylation is 1. The van der Waals surface area contributed by atoms with Gasteiger partial charge in [0.1, 0.15) is 5.60 Å². The average Bonchev–Trinajstić information content (AvgIpc) is 3.09. The van der Waals surface area contributed by atoms with Gasteiger partial charge in [-0.15, -0.1) is 0 Å². The Balaban J connectivity index is 1.68. The molecule has 0 unspecified atom stereocenters. The van der Waals surface area contributed by atoms with E-state index in [1.807, 2.05) is 32.9 Å². The summed E-state index contributed by atoms with van der Waals surface area (Å²) in [5.74, 6) is -0.501. The first-order valence-electron chi connectivity index (χ1n) is 9.80. The fraction of sp³-hybridized carbons (Fsp3) is 0.478. The first kappa shape index (κ1) is 20.2. The summed E-state index contributed by atoms with van der Waals surface area (Å²) in [5.41, 5.74) is 0.680. The highest BCUT2D eigenvalue weighted by atomic mass is 16.6. The fourth-order valence-electron chi connectivity index (χ4n) is 3.80. The van der Waals surface area contributed by atoms with E-state index in [-0.39, 0.29) is 23.9 Å². The van der Waals surface area contributed by atoms with E-state index in [0.29, 0.717) is 13.1 Å². The second kappa shape index (κ2) is 8.21. The monoisotopic (exact) mass is 383 g/mol. The van der Waals surface area contributed by atoms with E-state index in [1.54, 1.807) is 4.90 Å². The molecule has 0 N–H and O–H groups in total. The lowest BCUT2D eigenvalue weighted by molar-refractivity contribution is -0.146. The molecule has 1 aliphatic rings. The number of rotatable bonds is 4. The van der Waals surface area contributed by atoms with Gasteiger partial charge in [0, 0.05) is 13.1 Å². The Morgan fingerprint density at radius 3 is 2.46 bits per heavy atom. The molecular weight excluding hydrogens is 354 g/mol. The second-order valence-electron chi connectivity index (χ2n) is 8.50. The number of amides is 1. The predicted octanol–water partition coefficient (Wildman–Crippen LogP) is 4.43. The number of hydrogen-bond donors (Lipinski definition) is 0. The summed E-state index contributed by atoms with van der Waals surface area (Å²) in [6.45, 7) is 6.40. The number of carbonyl (C=O) groups is 2. The number of benzene rings is 2. The zero-order valence-electron chi connectivity index (χ0n) is 17.1. The average molecular weight is 383 g/mol. The number of esters is 1.